The number of nitrogens with zero attached hydrogens (tertiary/aromatic N) is 2. The Labute approximate surface area is 94.4 Å². The molecule has 3 nitrogen and oxygen atoms in total. The van der Waals surface area contributed by atoms with Gasteiger partial charge in [-0.2, -0.15) is 0 Å². The maximum absolute atomic E-state index is 4.44. The first-order valence-electron chi connectivity index (χ1n) is 4.98. The van der Waals surface area contributed by atoms with Crippen molar-refractivity contribution in [1.82, 2.24) is 4.98 Å². The largest absolute Gasteiger partial charge is 0.320 e. The average molecular weight is 221 g/mol. The molecule has 0 saturated carbocycles. The molecular weight excluding hydrogens is 206 g/mol. The summed E-state index contributed by atoms with van der Waals surface area (Å²) in [7, 11) is 0. The second-order valence-electron chi connectivity index (χ2n) is 4.33. The van der Waals surface area contributed by atoms with Crippen LogP contribution in [-0.2, 0) is 0 Å². The minimum absolute atomic E-state index is 0.214. The van der Waals surface area contributed by atoms with Crippen molar-refractivity contribution in [2.45, 2.75) is 25.5 Å². The molecule has 1 aromatic rings. The lowest BCUT2D eigenvalue weighted by atomic mass is 10.2. The number of anilines is 1. The van der Waals surface area contributed by atoms with Crippen LogP contribution in [0, 0.1) is 6.92 Å². The molecule has 0 radical (unpaired) electrons. The molecule has 0 saturated heterocycles. The minimum atomic E-state index is 0.214. The molecule has 2 heterocycles. The monoisotopic (exact) mass is 221 g/mol. The van der Waals surface area contributed by atoms with Crippen LogP contribution in [0.25, 0.3) is 0 Å². The molecule has 15 heavy (non-hydrogen) atoms. The first-order chi connectivity index (χ1) is 7.05. The highest BCUT2D eigenvalue weighted by molar-refractivity contribution is 8.15. The Morgan fingerprint density at radius 1 is 1.47 bits per heavy atom. The highest BCUT2D eigenvalue weighted by Gasteiger charge is 2.27. The van der Waals surface area contributed by atoms with Crippen LogP contribution in [0.15, 0.2) is 23.3 Å². The van der Waals surface area contributed by atoms with Gasteiger partial charge in [-0.3, -0.25) is 4.99 Å². The molecule has 0 unspecified atom stereocenters. The molecule has 0 bridgehead atoms. The second kappa shape index (κ2) is 3.85. The number of hydrogen-bond donors (Lipinski definition) is 1. The van der Waals surface area contributed by atoms with Crippen molar-refractivity contribution in [1.29, 1.82) is 0 Å². The summed E-state index contributed by atoms with van der Waals surface area (Å²) in [5.41, 5.74) is 1.20. The zero-order chi connectivity index (χ0) is 10.9. The lowest BCUT2D eigenvalue weighted by Crippen LogP contribution is -2.16. The zero-order valence-corrected chi connectivity index (χ0v) is 10.1. The quantitative estimate of drug-likeness (QED) is 0.792. The molecule has 2 rings (SSSR count). The Balaban J connectivity index is 2.05. The lowest BCUT2D eigenvalue weighted by molar-refractivity contribution is 0.741. The normalized spacial score (nSPS) is 18.7. The molecule has 1 N–H and O–H groups in total. The molecule has 1 aliphatic heterocycles. The Bertz CT molecular complexity index is 399. The highest BCUT2D eigenvalue weighted by atomic mass is 32.2. The van der Waals surface area contributed by atoms with Crippen LogP contribution in [-0.4, -0.2) is 21.4 Å². The zero-order valence-electron chi connectivity index (χ0n) is 9.24. The Hall–Kier alpha value is -1.03. The van der Waals surface area contributed by atoms with Gasteiger partial charge < -0.3 is 5.32 Å². The summed E-state index contributed by atoms with van der Waals surface area (Å²) in [4.78, 5) is 8.69. The Morgan fingerprint density at radius 2 is 2.27 bits per heavy atom. The van der Waals surface area contributed by atoms with E-state index >= 15 is 0 Å². The SMILES string of the molecule is Cc1ccnc(NC2=NCC(C)(C)S2)c1. The van der Waals surface area contributed by atoms with Crippen molar-refractivity contribution in [3.63, 3.8) is 0 Å². The summed E-state index contributed by atoms with van der Waals surface area (Å²) in [5.74, 6) is 0.874. The van der Waals surface area contributed by atoms with Crippen LogP contribution < -0.4 is 5.32 Å². The summed E-state index contributed by atoms with van der Waals surface area (Å²) in [6.45, 7) is 7.31. The highest BCUT2D eigenvalue weighted by Crippen LogP contribution is 2.31. The predicted molar refractivity (Wildman–Crippen MR) is 66.6 cm³/mol. The van der Waals surface area contributed by atoms with Crippen LogP contribution in [0.1, 0.15) is 19.4 Å². The summed E-state index contributed by atoms with van der Waals surface area (Å²) in [6.07, 6.45) is 1.81. The van der Waals surface area contributed by atoms with Gasteiger partial charge in [-0.1, -0.05) is 11.8 Å². The maximum Gasteiger partial charge on any atom is 0.162 e. The third-order valence-corrected chi connectivity index (χ3v) is 3.23. The maximum atomic E-state index is 4.44. The number of pyridine rings is 1. The van der Waals surface area contributed by atoms with Gasteiger partial charge in [0, 0.05) is 10.9 Å². The van der Waals surface area contributed by atoms with Gasteiger partial charge in [-0.05, 0) is 38.5 Å². The van der Waals surface area contributed by atoms with Crippen LogP contribution in [0.2, 0.25) is 0 Å². The topological polar surface area (TPSA) is 37.3 Å². The fraction of sp³-hybridized carbons (Fsp3) is 0.455. The number of aromatic nitrogens is 1. The summed E-state index contributed by atoms with van der Waals surface area (Å²) in [6, 6.07) is 4.01. The van der Waals surface area contributed by atoms with Crippen LogP contribution >= 0.6 is 11.8 Å². The van der Waals surface area contributed by atoms with Crippen molar-refractivity contribution < 1.29 is 0 Å². The first-order valence-corrected chi connectivity index (χ1v) is 5.80. The molecule has 0 atom stereocenters. The third kappa shape index (κ3) is 2.72. The van der Waals surface area contributed by atoms with Crippen LogP contribution in [0.5, 0.6) is 0 Å². The first kappa shape index (κ1) is 10.5. The van der Waals surface area contributed by atoms with Gasteiger partial charge in [0.15, 0.2) is 5.17 Å². The number of amidine groups is 1. The van der Waals surface area contributed by atoms with Crippen molar-refractivity contribution in [3.8, 4) is 0 Å². The van der Waals surface area contributed by atoms with E-state index in [0.29, 0.717) is 0 Å². The number of rotatable bonds is 1. The van der Waals surface area contributed by atoms with E-state index in [-0.39, 0.29) is 4.75 Å². The lowest BCUT2D eigenvalue weighted by Gasteiger charge is -2.13. The van der Waals surface area contributed by atoms with Gasteiger partial charge in [0.05, 0.1) is 6.54 Å². The molecule has 0 aromatic carbocycles. The standard InChI is InChI=1S/C11H15N3S/c1-8-4-5-12-9(6-8)14-10-13-7-11(2,3)15-10/h4-6H,7H2,1-3H3,(H,12,13,14). The molecule has 0 fully saturated rings. The number of hydrogen-bond acceptors (Lipinski definition) is 4. The summed E-state index contributed by atoms with van der Waals surface area (Å²) >= 11 is 1.77. The Morgan fingerprint density at radius 3 is 2.87 bits per heavy atom. The average Bonchev–Trinajstić information content (AvgIpc) is 2.45. The summed E-state index contributed by atoms with van der Waals surface area (Å²) < 4.78 is 0.214. The molecular formula is C11H15N3S. The van der Waals surface area contributed by atoms with Gasteiger partial charge in [0.1, 0.15) is 5.82 Å². The van der Waals surface area contributed by atoms with Gasteiger partial charge >= 0.3 is 0 Å². The second-order valence-corrected chi connectivity index (χ2v) is 6.02. The van der Waals surface area contributed by atoms with E-state index in [1.54, 1.807) is 11.8 Å². The van der Waals surface area contributed by atoms with E-state index in [4.69, 9.17) is 0 Å². The van der Waals surface area contributed by atoms with Crippen molar-refractivity contribution in [2.75, 3.05) is 11.9 Å². The minimum Gasteiger partial charge on any atom is -0.320 e. The predicted octanol–water partition coefficient (Wildman–Crippen LogP) is 2.68. The molecule has 0 aliphatic carbocycles. The Kier molecular flexibility index (Phi) is 2.69. The van der Waals surface area contributed by atoms with Crippen molar-refractivity contribution >= 4 is 22.7 Å². The molecule has 0 spiro atoms. The fourth-order valence-corrected chi connectivity index (χ4v) is 2.30. The molecule has 4 heteroatoms. The molecule has 1 aromatic heterocycles. The fourth-order valence-electron chi connectivity index (χ4n) is 1.37. The van der Waals surface area contributed by atoms with E-state index in [1.165, 1.54) is 5.56 Å². The third-order valence-electron chi connectivity index (χ3n) is 2.13. The van der Waals surface area contributed by atoms with Gasteiger partial charge in [-0.25, -0.2) is 4.98 Å². The smallest absolute Gasteiger partial charge is 0.162 e. The van der Waals surface area contributed by atoms with Crippen LogP contribution in [0.3, 0.4) is 0 Å². The summed E-state index contributed by atoms with van der Waals surface area (Å²) in [5, 5.41) is 4.21. The van der Waals surface area contributed by atoms with Crippen LogP contribution in [0.4, 0.5) is 5.82 Å². The molecule has 80 valence electrons. The number of nitrogens with one attached hydrogen (secondary N) is 1. The van der Waals surface area contributed by atoms with Gasteiger partial charge in [0.2, 0.25) is 0 Å². The van der Waals surface area contributed by atoms with E-state index in [2.05, 4.69) is 36.1 Å². The number of aryl methyl sites for hydroxylation is 1. The number of aliphatic imine (C=N–C) groups is 1. The van der Waals surface area contributed by atoms with E-state index in [9.17, 15) is 0 Å². The number of thioether (sulfide) groups is 1. The van der Waals surface area contributed by atoms with Crippen molar-refractivity contribution in [2.24, 2.45) is 4.99 Å². The molecule has 1 aliphatic rings. The van der Waals surface area contributed by atoms with Gasteiger partial charge in [0.25, 0.3) is 0 Å². The molecule has 0 amide bonds. The van der Waals surface area contributed by atoms with Gasteiger partial charge in [-0.15, -0.1) is 0 Å². The van der Waals surface area contributed by atoms with Crippen molar-refractivity contribution in [3.05, 3.63) is 23.9 Å². The van der Waals surface area contributed by atoms with E-state index < -0.39 is 0 Å². The van der Waals surface area contributed by atoms with E-state index in [0.717, 1.165) is 17.5 Å². The van der Waals surface area contributed by atoms with E-state index in [1.807, 2.05) is 18.3 Å².